The number of nitrogens with zero attached hydrogens (tertiary/aromatic N) is 6. The summed E-state index contributed by atoms with van der Waals surface area (Å²) < 4.78 is 88.7. The minimum atomic E-state index is -2.88. The number of anilines is 2. The van der Waals surface area contributed by atoms with E-state index in [9.17, 15) is 23.2 Å². The molecule has 5 aliphatic heterocycles. The first-order valence-electron chi connectivity index (χ1n) is 17.4. The molecular weight excluding hydrogens is 743 g/mol. The number of nitriles is 1. The van der Waals surface area contributed by atoms with E-state index in [4.69, 9.17) is 26.8 Å². The highest BCUT2D eigenvalue weighted by molar-refractivity contribution is 7.23. The predicted octanol–water partition coefficient (Wildman–Crippen LogP) is 5.26. The average molecular weight is 775 g/mol. The molecule has 4 saturated heterocycles. The first-order valence-corrected chi connectivity index (χ1v) is 18.6. The summed E-state index contributed by atoms with van der Waals surface area (Å²) >= 11 is 7.86. The Kier molecular flexibility index (Phi) is 8.26. The van der Waals surface area contributed by atoms with Crippen molar-refractivity contribution in [2.24, 2.45) is 0 Å². The number of nitrogens with two attached hydrogens (primary N) is 1. The summed E-state index contributed by atoms with van der Waals surface area (Å²) in [5.41, 5.74) is 4.77. The highest BCUT2D eigenvalue weighted by Crippen LogP contribution is 2.52. The van der Waals surface area contributed by atoms with Crippen molar-refractivity contribution in [1.82, 2.24) is 25.1 Å². The molecule has 0 bridgehead atoms. The molecule has 3 N–H and O–H groups in total. The highest BCUT2D eigenvalue weighted by Gasteiger charge is 2.50. The van der Waals surface area contributed by atoms with Crippen LogP contribution in [0, 0.1) is 23.0 Å². The molecule has 7 heterocycles. The molecule has 2 aromatic carbocycles. The monoisotopic (exact) mass is 774 g/mol. The van der Waals surface area contributed by atoms with Gasteiger partial charge in [-0.3, -0.25) is 9.69 Å². The quantitative estimate of drug-likeness (QED) is 0.180. The van der Waals surface area contributed by atoms with Crippen molar-refractivity contribution < 1.29 is 36.2 Å². The van der Waals surface area contributed by atoms with E-state index in [1.807, 2.05) is 11.0 Å². The fourth-order valence-corrected chi connectivity index (χ4v) is 9.94. The number of aromatic nitrogens is 2. The van der Waals surface area contributed by atoms with Gasteiger partial charge in [-0.1, -0.05) is 17.7 Å². The van der Waals surface area contributed by atoms with Crippen molar-refractivity contribution in [3.05, 3.63) is 34.4 Å². The number of hydrogen-bond acceptors (Lipinski definition) is 11. The van der Waals surface area contributed by atoms with Gasteiger partial charge in [0.25, 0.3) is 6.43 Å². The molecule has 1 amide bonds. The van der Waals surface area contributed by atoms with Gasteiger partial charge in [-0.05, 0) is 37.4 Å². The van der Waals surface area contributed by atoms with E-state index in [2.05, 4.69) is 15.3 Å². The zero-order valence-corrected chi connectivity index (χ0v) is 29.6. The van der Waals surface area contributed by atoms with Crippen molar-refractivity contribution >= 4 is 60.7 Å². The number of likely N-dealkylation sites (tertiary alicyclic amines) is 1. The predicted molar refractivity (Wildman–Crippen MR) is 187 cm³/mol. The molecule has 4 fully saturated rings. The molecule has 53 heavy (non-hydrogen) atoms. The number of nitrogens with one attached hydrogen (secondary N) is 1. The summed E-state index contributed by atoms with van der Waals surface area (Å²) in [5, 5.41) is 12.7. The first-order chi connectivity index (χ1) is 25.5. The number of thiophene rings is 1. The van der Waals surface area contributed by atoms with Crippen LogP contribution in [0.3, 0.4) is 0 Å². The number of carbonyl (C=O) groups is 1. The normalized spacial score (nSPS) is 26.5. The average Bonchev–Trinajstić information content (AvgIpc) is 3.74. The fraction of sp³-hybridized carbons (Fsp3) is 0.486. The van der Waals surface area contributed by atoms with Crippen LogP contribution in [0.1, 0.15) is 31.2 Å². The lowest BCUT2D eigenvalue weighted by Gasteiger charge is -2.48. The molecule has 4 aromatic rings. The van der Waals surface area contributed by atoms with Crippen LogP contribution in [0.25, 0.3) is 32.1 Å². The van der Waals surface area contributed by atoms with Gasteiger partial charge in [0.1, 0.15) is 47.6 Å². The van der Waals surface area contributed by atoms with Gasteiger partial charge in [0, 0.05) is 37.0 Å². The standard InChI is InChI=1S/C35H32ClF5N8O3S/c36-26-24(16-2-3-18(38)30-23(16)17(9-42)31(43)53-30)27(41)28-25-29(26)51-13-21(20-4-7-48(20)33(50)19-10-44-19)49(12-22(39)40)32(25)46-34(45-28)52-14-35-5-1-6-47(35)11-15(37)8-35/h2-3,15,19-22,44H,1,4-8,10-14,43H2/t15-,19?,20?,21?,35+/m1/s1. The fourth-order valence-electron chi connectivity index (χ4n) is 8.66. The topological polar surface area (TPSA) is 143 Å². The molecule has 9 rings (SSSR count). The van der Waals surface area contributed by atoms with Crippen molar-refractivity contribution in [1.29, 1.82) is 5.26 Å². The Bertz CT molecular complexity index is 2240. The van der Waals surface area contributed by atoms with Gasteiger partial charge in [-0.25, -0.2) is 22.0 Å². The SMILES string of the molecule is N#Cc1c(N)sc2c(F)ccc(-c3c(Cl)c4c5c(nc(OC[C@@]67CCCN6C[C@H](F)C7)nc5c3F)N(CC(F)F)C(C3CCN3C(=O)C3CN3)CO4)c12. The van der Waals surface area contributed by atoms with Crippen molar-refractivity contribution in [2.75, 3.05) is 56.6 Å². The van der Waals surface area contributed by atoms with Crippen molar-refractivity contribution in [3.8, 4) is 29.0 Å². The van der Waals surface area contributed by atoms with Gasteiger partial charge < -0.3 is 30.3 Å². The Morgan fingerprint density at radius 2 is 2.06 bits per heavy atom. The summed E-state index contributed by atoms with van der Waals surface area (Å²) in [6.07, 6.45) is -1.73. The van der Waals surface area contributed by atoms with Crippen LogP contribution in [0.5, 0.6) is 11.8 Å². The van der Waals surface area contributed by atoms with Gasteiger partial charge in [0.15, 0.2) is 11.6 Å². The van der Waals surface area contributed by atoms with Crippen LogP contribution in [0.2, 0.25) is 5.02 Å². The Labute approximate surface area is 308 Å². The van der Waals surface area contributed by atoms with Gasteiger partial charge in [0.05, 0.1) is 50.9 Å². The summed E-state index contributed by atoms with van der Waals surface area (Å²) in [6, 6.07) is 2.26. The molecule has 5 atom stereocenters. The number of nitrogen functional groups attached to an aromatic ring is 1. The molecule has 2 aromatic heterocycles. The number of fused-ring (bicyclic) bond motifs is 2. The summed E-state index contributed by atoms with van der Waals surface area (Å²) in [5.74, 6) is -2.10. The summed E-state index contributed by atoms with van der Waals surface area (Å²) in [7, 11) is 0. The number of halogens is 6. The second-order valence-corrected chi connectivity index (χ2v) is 15.7. The lowest BCUT2D eigenvalue weighted by Crippen LogP contribution is -2.64. The number of alkyl halides is 3. The van der Waals surface area contributed by atoms with Crippen LogP contribution in [0.4, 0.5) is 32.8 Å². The number of hydrogen-bond donors (Lipinski definition) is 2. The van der Waals surface area contributed by atoms with E-state index in [1.165, 1.54) is 11.0 Å². The zero-order valence-electron chi connectivity index (χ0n) is 28.0. The molecule has 0 spiro atoms. The number of benzene rings is 2. The highest BCUT2D eigenvalue weighted by atomic mass is 35.5. The summed E-state index contributed by atoms with van der Waals surface area (Å²) in [6.45, 7) is 0.758. The third-order valence-electron chi connectivity index (χ3n) is 11.3. The van der Waals surface area contributed by atoms with E-state index in [-0.39, 0.29) is 103 Å². The lowest BCUT2D eigenvalue weighted by atomic mass is 9.93. The molecule has 0 aliphatic carbocycles. The Morgan fingerprint density at radius 3 is 2.77 bits per heavy atom. The summed E-state index contributed by atoms with van der Waals surface area (Å²) in [4.78, 5) is 27.2. The molecular formula is C35H32ClF5N8O3S. The maximum absolute atomic E-state index is 17.3. The Balaban J connectivity index is 1.24. The van der Waals surface area contributed by atoms with Gasteiger partial charge in [0.2, 0.25) is 5.91 Å². The van der Waals surface area contributed by atoms with E-state index < -0.39 is 48.4 Å². The third kappa shape index (κ3) is 5.43. The van der Waals surface area contributed by atoms with Crippen molar-refractivity contribution in [2.45, 2.75) is 61.9 Å². The Morgan fingerprint density at radius 1 is 1.25 bits per heavy atom. The third-order valence-corrected chi connectivity index (χ3v) is 12.7. The number of ether oxygens (including phenoxy) is 2. The van der Waals surface area contributed by atoms with Gasteiger partial charge in [-0.2, -0.15) is 15.2 Å². The number of amides is 1. The minimum absolute atomic E-state index is 0.0115. The van der Waals surface area contributed by atoms with E-state index in [0.29, 0.717) is 32.5 Å². The molecule has 11 nitrogen and oxygen atoms in total. The maximum Gasteiger partial charge on any atom is 0.319 e. The Hall–Kier alpha value is -4.24. The van der Waals surface area contributed by atoms with E-state index in [1.54, 1.807) is 4.90 Å². The smallest absolute Gasteiger partial charge is 0.319 e. The first kappa shape index (κ1) is 34.5. The van der Waals surface area contributed by atoms with E-state index in [0.717, 1.165) is 23.8 Å². The van der Waals surface area contributed by atoms with Crippen LogP contribution in [-0.4, -0.2) is 108 Å². The second-order valence-electron chi connectivity index (χ2n) is 14.3. The lowest BCUT2D eigenvalue weighted by molar-refractivity contribution is -0.139. The van der Waals surface area contributed by atoms with Gasteiger partial charge in [-0.15, -0.1) is 11.3 Å². The van der Waals surface area contributed by atoms with Crippen molar-refractivity contribution in [3.63, 3.8) is 0 Å². The van der Waals surface area contributed by atoms with E-state index >= 15 is 8.78 Å². The minimum Gasteiger partial charge on any atom is -0.489 e. The number of rotatable bonds is 8. The largest absolute Gasteiger partial charge is 0.489 e. The molecule has 0 radical (unpaired) electrons. The molecule has 18 heteroatoms. The van der Waals surface area contributed by atoms with Crippen LogP contribution in [0.15, 0.2) is 12.1 Å². The van der Waals surface area contributed by atoms with Crippen LogP contribution in [-0.2, 0) is 4.79 Å². The van der Waals surface area contributed by atoms with Gasteiger partial charge >= 0.3 is 6.01 Å². The maximum atomic E-state index is 17.3. The molecule has 278 valence electrons. The molecule has 5 aliphatic rings. The zero-order chi connectivity index (χ0) is 36.9. The van der Waals surface area contributed by atoms with Crippen LogP contribution >= 0.6 is 22.9 Å². The molecule has 0 saturated carbocycles. The number of carbonyl (C=O) groups excluding carboxylic acids is 1. The second kappa shape index (κ2) is 12.7. The molecule has 3 unspecified atom stereocenters. The van der Waals surface area contributed by atoms with Crippen LogP contribution < -0.4 is 25.4 Å².